The van der Waals surface area contributed by atoms with E-state index in [9.17, 15) is 14.4 Å². The molecule has 7 atom stereocenters. The summed E-state index contributed by atoms with van der Waals surface area (Å²) in [5, 5.41) is 0. The van der Waals surface area contributed by atoms with Gasteiger partial charge in [-0.3, -0.25) is 14.4 Å². The second-order valence-electron chi connectivity index (χ2n) is 14.7. The van der Waals surface area contributed by atoms with Gasteiger partial charge in [0.2, 0.25) is 0 Å². The maximum atomic E-state index is 14.4. The van der Waals surface area contributed by atoms with Gasteiger partial charge in [0.15, 0.2) is 11.6 Å². The normalized spacial score (nSPS) is 46.9. The molecule has 5 rings (SSSR count). The van der Waals surface area contributed by atoms with E-state index in [1.54, 1.807) is 0 Å². The lowest BCUT2D eigenvalue weighted by atomic mass is 9.34. The zero-order valence-electron chi connectivity index (χ0n) is 23.3. The first kappa shape index (κ1) is 26.6. The van der Waals surface area contributed by atoms with Crippen molar-refractivity contribution in [2.24, 2.45) is 50.2 Å². The SMILES string of the molecule is COC(=O)[C@]12CCC(C)(C)C[C@H]1[C@H]1C(=O)C=C3[C@@]4(C)C=C(I)C(=O)C(C)(C)[C@@H]4CC[C@@]3(C)[C@]1(C)CC2. The fraction of sp³-hybridized carbons (Fsp3) is 0.774. The molecular formula is C31H43IO4. The Morgan fingerprint density at radius 1 is 0.972 bits per heavy atom. The average molecular weight is 607 g/mol. The Labute approximate surface area is 230 Å². The number of Topliss-reactive ketones (excluding diaryl/α,β-unsaturated/α-hetero) is 1. The summed E-state index contributed by atoms with van der Waals surface area (Å²) in [5.74, 6) is 0.306. The molecule has 0 aromatic rings. The van der Waals surface area contributed by atoms with E-state index in [1.165, 1.54) is 12.7 Å². The largest absolute Gasteiger partial charge is 0.469 e. The van der Waals surface area contributed by atoms with E-state index < -0.39 is 10.8 Å². The first-order valence-corrected chi connectivity index (χ1v) is 14.9. The minimum atomic E-state index is -0.554. The van der Waals surface area contributed by atoms with Gasteiger partial charge in [-0.2, -0.15) is 0 Å². The van der Waals surface area contributed by atoms with E-state index in [4.69, 9.17) is 4.74 Å². The van der Waals surface area contributed by atoms with Crippen molar-refractivity contribution in [1.82, 2.24) is 0 Å². The van der Waals surface area contributed by atoms with Crippen LogP contribution in [0.15, 0.2) is 21.3 Å². The van der Waals surface area contributed by atoms with Crippen molar-refractivity contribution < 1.29 is 19.1 Å². The molecular weight excluding hydrogens is 563 g/mol. The minimum Gasteiger partial charge on any atom is -0.469 e. The van der Waals surface area contributed by atoms with E-state index in [-0.39, 0.29) is 56.9 Å². The summed E-state index contributed by atoms with van der Waals surface area (Å²) in [6.45, 7) is 15.8. The lowest BCUT2D eigenvalue weighted by molar-refractivity contribution is -0.191. The third-order valence-electron chi connectivity index (χ3n) is 12.3. The van der Waals surface area contributed by atoms with E-state index in [1.807, 2.05) is 6.08 Å². The van der Waals surface area contributed by atoms with Gasteiger partial charge in [-0.25, -0.2) is 0 Å². The lowest BCUT2D eigenvalue weighted by Gasteiger charge is -2.68. The highest BCUT2D eigenvalue weighted by Gasteiger charge is 2.71. The number of ketones is 2. The number of ether oxygens (including phenoxy) is 1. The van der Waals surface area contributed by atoms with Crippen LogP contribution in [-0.2, 0) is 19.1 Å². The molecule has 5 aliphatic rings. The summed E-state index contributed by atoms with van der Waals surface area (Å²) in [4.78, 5) is 40.9. The predicted molar refractivity (Wildman–Crippen MR) is 149 cm³/mol. The molecule has 0 aromatic carbocycles. The van der Waals surface area contributed by atoms with E-state index in [0.29, 0.717) is 0 Å². The number of carbonyl (C=O) groups is 3. The van der Waals surface area contributed by atoms with Gasteiger partial charge in [-0.05, 0) is 102 Å². The number of methoxy groups -OCH3 is 1. The molecule has 4 nitrogen and oxygen atoms in total. The van der Waals surface area contributed by atoms with Gasteiger partial charge >= 0.3 is 5.97 Å². The average Bonchev–Trinajstić information content (AvgIpc) is 2.78. The highest BCUT2D eigenvalue weighted by Crippen LogP contribution is 2.74. The molecule has 198 valence electrons. The molecule has 0 saturated heterocycles. The highest BCUT2D eigenvalue weighted by atomic mass is 127. The van der Waals surface area contributed by atoms with Crippen molar-refractivity contribution in [1.29, 1.82) is 0 Å². The van der Waals surface area contributed by atoms with Crippen LogP contribution in [0.25, 0.3) is 0 Å². The Kier molecular flexibility index (Phi) is 5.76. The van der Waals surface area contributed by atoms with Gasteiger partial charge in [0, 0.05) is 16.7 Å². The molecule has 0 unspecified atom stereocenters. The summed E-state index contributed by atoms with van der Waals surface area (Å²) in [7, 11) is 1.51. The number of esters is 1. The van der Waals surface area contributed by atoms with Crippen LogP contribution in [-0.4, -0.2) is 24.6 Å². The quantitative estimate of drug-likeness (QED) is 0.233. The van der Waals surface area contributed by atoms with Crippen molar-refractivity contribution in [2.45, 2.75) is 93.4 Å². The molecule has 3 fully saturated rings. The molecule has 0 spiro atoms. The van der Waals surface area contributed by atoms with Gasteiger partial charge in [-0.1, -0.05) is 60.1 Å². The number of allylic oxidation sites excluding steroid dienone is 4. The van der Waals surface area contributed by atoms with Gasteiger partial charge in [0.1, 0.15) is 0 Å². The minimum absolute atomic E-state index is 0.000146. The summed E-state index contributed by atoms with van der Waals surface area (Å²) in [6.07, 6.45) is 10.4. The molecule has 3 saturated carbocycles. The van der Waals surface area contributed by atoms with E-state index >= 15 is 0 Å². The molecule has 0 N–H and O–H groups in total. The van der Waals surface area contributed by atoms with Crippen LogP contribution >= 0.6 is 22.6 Å². The molecule has 0 radical (unpaired) electrons. The summed E-state index contributed by atoms with van der Waals surface area (Å²) < 4.78 is 6.22. The number of hydrogen-bond acceptors (Lipinski definition) is 4. The van der Waals surface area contributed by atoms with Crippen LogP contribution in [0.5, 0.6) is 0 Å². The smallest absolute Gasteiger partial charge is 0.312 e. The molecule has 0 aromatic heterocycles. The van der Waals surface area contributed by atoms with Crippen LogP contribution in [0.4, 0.5) is 0 Å². The summed E-state index contributed by atoms with van der Waals surface area (Å²) in [6, 6.07) is 0. The molecule has 0 amide bonds. The van der Waals surface area contributed by atoms with Gasteiger partial charge in [-0.15, -0.1) is 0 Å². The Bertz CT molecular complexity index is 1110. The first-order valence-electron chi connectivity index (χ1n) is 13.8. The number of rotatable bonds is 1. The van der Waals surface area contributed by atoms with Gasteiger partial charge in [0.05, 0.1) is 16.1 Å². The number of carbonyl (C=O) groups excluding carboxylic acids is 3. The van der Waals surface area contributed by atoms with E-state index in [0.717, 1.165) is 48.5 Å². The van der Waals surface area contributed by atoms with Crippen LogP contribution < -0.4 is 0 Å². The van der Waals surface area contributed by atoms with Crippen molar-refractivity contribution in [3.63, 3.8) is 0 Å². The van der Waals surface area contributed by atoms with Crippen molar-refractivity contribution in [3.8, 4) is 0 Å². The Hall–Kier alpha value is -0.980. The standard InChI is InChI=1S/C31H43IO4/c1-26(2)11-13-31(25(35)36-8)14-12-30(7)23(18(31)16-26)20(33)15-22-28(5)17-19(32)24(34)27(3,4)21(28)9-10-29(22,30)6/h15,17-18,21,23H,9-14,16H2,1-8H3/t18-,21-,23-,28-,29+,30+,31-/m0/s1. The fourth-order valence-electron chi connectivity index (χ4n) is 10.0. The number of halogens is 1. The van der Waals surface area contributed by atoms with Crippen LogP contribution in [0.3, 0.4) is 0 Å². The van der Waals surface area contributed by atoms with E-state index in [2.05, 4.69) is 77.1 Å². The lowest BCUT2D eigenvalue weighted by Crippen LogP contribution is -2.65. The maximum absolute atomic E-state index is 14.4. The molecule has 36 heavy (non-hydrogen) atoms. The molecule has 0 bridgehead atoms. The first-order chi connectivity index (χ1) is 16.5. The van der Waals surface area contributed by atoms with Crippen molar-refractivity contribution in [2.75, 3.05) is 7.11 Å². The topological polar surface area (TPSA) is 60.4 Å². The molecule has 5 heteroatoms. The second-order valence-corrected chi connectivity index (χ2v) is 15.9. The second kappa shape index (κ2) is 7.79. The molecule has 5 aliphatic carbocycles. The summed E-state index contributed by atoms with van der Waals surface area (Å²) in [5.41, 5.74) is -0.405. The predicted octanol–water partition coefficient (Wildman–Crippen LogP) is 7.25. The Balaban J connectivity index is 1.69. The van der Waals surface area contributed by atoms with Gasteiger partial charge in [0.25, 0.3) is 0 Å². The number of fused-ring (bicyclic) bond motifs is 7. The molecule has 0 aliphatic heterocycles. The number of hydrogen-bond donors (Lipinski definition) is 0. The zero-order chi connectivity index (χ0) is 26.7. The summed E-state index contributed by atoms with van der Waals surface area (Å²) >= 11 is 2.21. The van der Waals surface area contributed by atoms with Crippen molar-refractivity contribution in [3.05, 3.63) is 21.3 Å². The van der Waals surface area contributed by atoms with Crippen LogP contribution in [0.2, 0.25) is 0 Å². The van der Waals surface area contributed by atoms with Crippen LogP contribution in [0.1, 0.15) is 93.4 Å². The Morgan fingerprint density at radius 2 is 1.61 bits per heavy atom. The maximum Gasteiger partial charge on any atom is 0.312 e. The van der Waals surface area contributed by atoms with Crippen LogP contribution in [0, 0.1) is 50.2 Å². The molecule has 0 heterocycles. The highest BCUT2D eigenvalue weighted by molar-refractivity contribution is 14.1. The fourth-order valence-corrected chi connectivity index (χ4v) is 11.4. The zero-order valence-corrected chi connectivity index (χ0v) is 25.5. The monoisotopic (exact) mass is 606 g/mol. The third kappa shape index (κ3) is 3.13. The van der Waals surface area contributed by atoms with Gasteiger partial charge < -0.3 is 4.74 Å². The third-order valence-corrected chi connectivity index (χ3v) is 13.1. The Morgan fingerprint density at radius 3 is 2.25 bits per heavy atom. The van der Waals surface area contributed by atoms with Crippen molar-refractivity contribution >= 4 is 40.1 Å².